The smallest absolute Gasteiger partial charge is 0.384 e. The van der Waals surface area contributed by atoms with Crippen molar-refractivity contribution in [1.29, 1.82) is 0 Å². The molecule has 1 unspecified atom stereocenters. The van der Waals surface area contributed by atoms with E-state index >= 15 is 0 Å². The quantitative estimate of drug-likeness (QED) is 0.751. The Morgan fingerprint density at radius 3 is 2.33 bits per heavy atom. The van der Waals surface area contributed by atoms with E-state index in [0.717, 1.165) is 17.7 Å². The van der Waals surface area contributed by atoms with Gasteiger partial charge in [0.25, 0.3) is 0 Å². The summed E-state index contributed by atoms with van der Waals surface area (Å²) in [6, 6.07) is 7.19. The molecule has 7 heteroatoms. The molecule has 0 saturated carbocycles. The van der Waals surface area contributed by atoms with Crippen LogP contribution in [0.15, 0.2) is 34.8 Å². The summed E-state index contributed by atoms with van der Waals surface area (Å²) in [6.45, 7) is 1.88. The number of nitrogens with zero attached hydrogens (tertiary/aromatic N) is 1. The number of aryl methyl sites for hydroxylation is 1. The van der Waals surface area contributed by atoms with E-state index in [4.69, 9.17) is 11.6 Å². The van der Waals surface area contributed by atoms with Crippen LogP contribution in [-0.4, -0.2) is 10.1 Å². The molecule has 1 aromatic carbocycles. The lowest BCUT2D eigenvalue weighted by molar-refractivity contribution is -0.141. The molecule has 0 aliphatic rings. The zero-order valence-electron chi connectivity index (χ0n) is 10.7. The van der Waals surface area contributed by atoms with E-state index < -0.39 is 18.0 Å². The van der Waals surface area contributed by atoms with Crippen LogP contribution in [0.5, 0.6) is 0 Å². The van der Waals surface area contributed by atoms with Crippen molar-refractivity contribution in [2.24, 2.45) is 0 Å². The molecule has 2 rings (SSSR count). The number of pyridine rings is 1. The number of rotatable bonds is 2. The molecule has 0 bridgehead atoms. The largest absolute Gasteiger partial charge is 0.433 e. The van der Waals surface area contributed by atoms with Gasteiger partial charge in [-0.2, -0.15) is 13.2 Å². The maximum absolute atomic E-state index is 12.5. The molecule has 1 N–H and O–H groups in total. The Morgan fingerprint density at radius 1 is 1.19 bits per heavy atom. The van der Waals surface area contributed by atoms with E-state index in [-0.39, 0.29) is 10.7 Å². The number of aromatic nitrogens is 1. The average molecular weight is 381 g/mol. The van der Waals surface area contributed by atoms with Crippen molar-refractivity contribution in [3.8, 4) is 0 Å². The van der Waals surface area contributed by atoms with Crippen LogP contribution in [0, 0.1) is 6.92 Å². The van der Waals surface area contributed by atoms with Crippen LogP contribution in [0.25, 0.3) is 0 Å². The van der Waals surface area contributed by atoms with Gasteiger partial charge in [-0.05, 0) is 30.2 Å². The SMILES string of the molecule is Cc1ccc(C(O)c2ccc(C(F)(F)F)nc2Cl)c(Br)c1. The molecular weight excluding hydrogens is 371 g/mol. The third-order valence-corrected chi connectivity index (χ3v) is 3.90. The second-order valence-corrected chi connectivity index (χ2v) is 5.71. The van der Waals surface area contributed by atoms with Gasteiger partial charge in [-0.25, -0.2) is 4.98 Å². The summed E-state index contributed by atoms with van der Waals surface area (Å²) in [5, 5.41) is 9.93. The number of hydrogen-bond acceptors (Lipinski definition) is 2. The first kappa shape index (κ1) is 16.3. The highest BCUT2D eigenvalue weighted by molar-refractivity contribution is 9.10. The fourth-order valence-electron chi connectivity index (χ4n) is 1.83. The third-order valence-electron chi connectivity index (χ3n) is 2.91. The summed E-state index contributed by atoms with van der Waals surface area (Å²) in [5.41, 5.74) is 0.513. The Labute approximate surface area is 132 Å². The Kier molecular flexibility index (Phi) is 4.60. The van der Waals surface area contributed by atoms with Crippen molar-refractivity contribution in [3.63, 3.8) is 0 Å². The first-order valence-corrected chi connectivity index (χ1v) is 7.05. The number of aliphatic hydroxyl groups is 1. The van der Waals surface area contributed by atoms with Gasteiger partial charge in [0.2, 0.25) is 0 Å². The van der Waals surface area contributed by atoms with Gasteiger partial charge in [-0.1, -0.05) is 45.7 Å². The molecule has 112 valence electrons. The molecule has 1 heterocycles. The lowest BCUT2D eigenvalue weighted by atomic mass is 10.0. The monoisotopic (exact) mass is 379 g/mol. The summed E-state index contributed by atoms with van der Waals surface area (Å²) in [5.74, 6) is 0. The van der Waals surface area contributed by atoms with E-state index in [1.165, 1.54) is 0 Å². The van der Waals surface area contributed by atoms with E-state index in [1.54, 1.807) is 18.2 Å². The summed E-state index contributed by atoms with van der Waals surface area (Å²) in [6.07, 6.45) is -5.74. The maximum Gasteiger partial charge on any atom is 0.433 e. The number of aliphatic hydroxyl groups excluding tert-OH is 1. The predicted molar refractivity (Wildman–Crippen MR) is 77.2 cm³/mol. The zero-order chi connectivity index (χ0) is 15.8. The number of halogens is 5. The standard InChI is InChI=1S/C14H10BrClF3NO/c1-7-2-3-8(10(15)6-7)12(21)9-4-5-11(14(17,18)19)20-13(9)16/h2-6,12,21H,1H3. The van der Waals surface area contributed by atoms with Crippen LogP contribution in [0.2, 0.25) is 5.15 Å². The Hall–Kier alpha value is -1.11. The Balaban J connectivity index is 2.42. The fraction of sp³-hybridized carbons (Fsp3) is 0.214. The lowest BCUT2D eigenvalue weighted by Crippen LogP contribution is -2.10. The molecule has 0 aliphatic carbocycles. The maximum atomic E-state index is 12.5. The minimum absolute atomic E-state index is 0.120. The van der Waals surface area contributed by atoms with E-state index in [9.17, 15) is 18.3 Å². The molecule has 21 heavy (non-hydrogen) atoms. The minimum Gasteiger partial charge on any atom is -0.384 e. The molecule has 0 amide bonds. The van der Waals surface area contributed by atoms with Crippen LogP contribution in [0.3, 0.4) is 0 Å². The molecule has 2 nitrogen and oxygen atoms in total. The second-order valence-electron chi connectivity index (χ2n) is 4.50. The number of hydrogen-bond donors (Lipinski definition) is 1. The van der Waals surface area contributed by atoms with Gasteiger partial charge in [-0.15, -0.1) is 0 Å². The van der Waals surface area contributed by atoms with Crippen molar-refractivity contribution in [1.82, 2.24) is 4.98 Å². The highest BCUT2D eigenvalue weighted by Crippen LogP contribution is 2.35. The van der Waals surface area contributed by atoms with E-state index in [1.807, 2.05) is 6.92 Å². The predicted octanol–water partition coefficient (Wildman–Crippen LogP) is 4.91. The van der Waals surface area contributed by atoms with Crippen LogP contribution in [0.1, 0.15) is 28.5 Å². The van der Waals surface area contributed by atoms with Crippen molar-refractivity contribution in [2.45, 2.75) is 19.2 Å². The Morgan fingerprint density at radius 2 is 1.81 bits per heavy atom. The van der Waals surface area contributed by atoms with Crippen molar-refractivity contribution in [2.75, 3.05) is 0 Å². The molecule has 0 aliphatic heterocycles. The molecule has 2 aromatic rings. The fourth-order valence-corrected chi connectivity index (χ4v) is 2.80. The minimum atomic E-state index is -4.57. The van der Waals surface area contributed by atoms with Gasteiger partial charge < -0.3 is 5.11 Å². The molecule has 1 aromatic heterocycles. The van der Waals surface area contributed by atoms with Crippen molar-refractivity contribution in [3.05, 3.63) is 62.3 Å². The van der Waals surface area contributed by atoms with Crippen LogP contribution >= 0.6 is 27.5 Å². The molecule has 0 spiro atoms. The van der Waals surface area contributed by atoms with Crippen LogP contribution in [-0.2, 0) is 6.18 Å². The molecule has 0 saturated heterocycles. The van der Waals surface area contributed by atoms with E-state index in [0.29, 0.717) is 10.0 Å². The number of benzene rings is 1. The van der Waals surface area contributed by atoms with Gasteiger partial charge in [0.1, 0.15) is 17.0 Å². The summed E-state index contributed by atoms with van der Waals surface area (Å²) < 4.78 is 38.3. The average Bonchev–Trinajstić information content (AvgIpc) is 2.36. The highest BCUT2D eigenvalue weighted by Gasteiger charge is 2.33. The summed E-state index contributed by atoms with van der Waals surface area (Å²) >= 11 is 9.09. The van der Waals surface area contributed by atoms with Gasteiger partial charge >= 0.3 is 6.18 Å². The molecule has 0 fully saturated rings. The summed E-state index contributed by atoms with van der Waals surface area (Å²) in [4.78, 5) is 3.30. The second kappa shape index (κ2) is 5.94. The van der Waals surface area contributed by atoms with Crippen LogP contribution in [0.4, 0.5) is 13.2 Å². The van der Waals surface area contributed by atoms with Crippen molar-refractivity contribution >= 4 is 27.5 Å². The normalized spacial score (nSPS) is 13.3. The van der Waals surface area contributed by atoms with E-state index in [2.05, 4.69) is 20.9 Å². The highest BCUT2D eigenvalue weighted by atomic mass is 79.9. The topological polar surface area (TPSA) is 33.1 Å². The number of alkyl halides is 3. The van der Waals surface area contributed by atoms with Crippen molar-refractivity contribution < 1.29 is 18.3 Å². The van der Waals surface area contributed by atoms with Gasteiger partial charge in [0.05, 0.1) is 0 Å². The Bertz CT molecular complexity index is 676. The molecule has 0 radical (unpaired) electrons. The molecule has 1 atom stereocenters. The first-order valence-electron chi connectivity index (χ1n) is 5.88. The van der Waals surface area contributed by atoms with Crippen LogP contribution < -0.4 is 0 Å². The third kappa shape index (κ3) is 3.56. The van der Waals surface area contributed by atoms with Gasteiger partial charge in [-0.3, -0.25) is 0 Å². The van der Waals surface area contributed by atoms with Gasteiger partial charge in [0.15, 0.2) is 0 Å². The first-order chi connectivity index (χ1) is 9.70. The zero-order valence-corrected chi connectivity index (χ0v) is 13.1. The molecular formula is C14H10BrClF3NO. The lowest BCUT2D eigenvalue weighted by Gasteiger charge is -2.16. The van der Waals surface area contributed by atoms with Gasteiger partial charge in [0, 0.05) is 10.0 Å². The summed E-state index contributed by atoms with van der Waals surface area (Å²) in [7, 11) is 0.